The van der Waals surface area contributed by atoms with Crippen LogP contribution in [0.15, 0.2) is 18.2 Å². The Morgan fingerprint density at radius 3 is 2.62 bits per heavy atom. The fourth-order valence-electron chi connectivity index (χ4n) is 5.47. The number of methoxy groups -OCH3 is 2. The van der Waals surface area contributed by atoms with Crippen LogP contribution in [-0.4, -0.2) is 37.6 Å². The van der Waals surface area contributed by atoms with E-state index in [1.807, 2.05) is 18.2 Å². The molecule has 1 saturated carbocycles. The van der Waals surface area contributed by atoms with Gasteiger partial charge >= 0.3 is 0 Å². The van der Waals surface area contributed by atoms with Crippen molar-refractivity contribution in [3.05, 3.63) is 23.8 Å². The minimum atomic E-state index is 0.115. The third-order valence-corrected chi connectivity index (χ3v) is 6.19. The second-order valence-corrected chi connectivity index (χ2v) is 9.45. The normalized spacial score (nSPS) is 27.9. The monoisotopic (exact) mass is 359 g/mol. The van der Waals surface area contributed by atoms with E-state index < -0.39 is 0 Å². The Labute approximate surface area is 157 Å². The van der Waals surface area contributed by atoms with Gasteiger partial charge in [-0.2, -0.15) is 0 Å². The van der Waals surface area contributed by atoms with Gasteiger partial charge in [-0.1, -0.05) is 33.8 Å². The number of likely N-dealkylation sites (tertiary alicyclic amines) is 1. The van der Waals surface area contributed by atoms with Crippen LogP contribution >= 0.6 is 0 Å². The Morgan fingerprint density at radius 1 is 1.23 bits per heavy atom. The maximum absolute atomic E-state index is 13.1. The molecule has 3 atom stereocenters. The molecule has 3 unspecified atom stereocenters. The van der Waals surface area contributed by atoms with Crippen LogP contribution in [-0.2, 0) is 4.79 Å². The van der Waals surface area contributed by atoms with Gasteiger partial charge in [0.1, 0.15) is 11.5 Å². The first-order valence-corrected chi connectivity index (χ1v) is 9.68. The molecule has 3 rings (SSSR count). The molecule has 2 fully saturated rings. The van der Waals surface area contributed by atoms with Crippen LogP contribution < -0.4 is 9.47 Å². The third kappa shape index (κ3) is 3.70. The Morgan fingerprint density at radius 2 is 1.96 bits per heavy atom. The Hall–Kier alpha value is -1.71. The van der Waals surface area contributed by atoms with Crippen LogP contribution in [0.3, 0.4) is 0 Å². The molecular weight excluding hydrogens is 326 g/mol. The van der Waals surface area contributed by atoms with Crippen molar-refractivity contribution >= 4 is 5.91 Å². The summed E-state index contributed by atoms with van der Waals surface area (Å²) in [6, 6.07) is 6.25. The van der Waals surface area contributed by atoms with Crippen molar-refractivity contribution in [2.45, 2.75) is 65.3 Å². The molecule has 1 aromatic rings. The molecular formula is C22H33NO3. The second kappa shape index (κ2) is 6.79. The average Bonchev–Trinajstić information content (AvgIpc) is 2.82. The molecule has 144 valence electrons. The summed E-state index contributed by atoms with van der Waals surface area (Å²) in [6.07, 6.45) is 4.01. The van der Waals surface area contributed by atoms with E-state index in [4.69, 9.17) is 9.47 Å². The standard InChI is InChI=1S/C22H33NO3/c1-15(18-8-7-17(25-5)10-19(18)26-6)9-20(24)23-14-22(4)12-16(23)11-21(2,3)13-22/h7-8,10,15-16H,9,11-14H2,1-6H3. The summed E-state index contributed by atoms with van der Waals surface area (Å²) in [5.74, 6) is 1.96. The predicted molar refractivity (Wildman–Crippen MR) is 104 cm³/mol. The first-order chi connectivity index (χ1) is 12.2. The molecule has 0 radical (unpaired) electrons. The first-order valence-electron chi connectivity index (χ1n) is 9.68. The van der Waals surface area contributed by atoms with Gasteiger partial charge in [0.2, 0.25) is 5.91 Å². The molecule has 1 aliphatic heterocycles. The second-order valence-electron chi connectivity index (χ2n) is 9.45. The van der Waals surface area contributed by atoms with Gasteiger partial charge in [-0.25, -0.2) is 0 Å². The van der Waals surface area contributed by atoms with Crippen LogP contribution in [0.5, 0.6) is 11.5 Å². The van der Waals surface area contributed by atoms with E-state index >= 15 is 0 Å². The predicted octanol–water partition coefficient (Wildman–Crippen LogP) is 4.62. The largest absolute Gasteiger partial charge is 0.497 e. The van der Waals surface area contributed by atoms with Crippen molar-refractivity contribution in [3.8, 4) is 11.5 Å². The van der Waals surface area contributed by atoms with Crippen LogP contribution in [0.4, 0.5) is 0 Å². The van der Waals surface area contributed by atoms with Gasteiger partial charge in [0.05, 0.1) is 14.2 Å². The lowest BCUT2D eigenvalue weighted by molar-refractivity contribution is -0.132. The minimum Gasteiger partial charge on any atom is -0.497 e. The molecule has 2 bridgehead atoms. The highest BCUT2D eigenvalue weighted by Gasteiger charge is 2.50. The molecule has 1 aliphatic carbocycles. The number of rotatable bonds is 5. The summed E-state index contributed by atoms with van der Waals surface area (Å²) in [6.45, 7) is 10.1. The number of amides is 1. The topological polar surface area (TPSA) is 38.8 Å². The number of benzene rings is 1. The number of hydrogen-bond acceptors (Lipinski definition) is 3. The molecule has 1 heterocycles. The van der Waals surface area contributed by atoms with Crippen molar-refractivity contribution in [2.24, 2.45) is 10.8 Å². The van der Waals surface area contributed by atoms with Gasteiger partial charge in [0.25, 0.3) is 0 Å². The maximum Gasteiger partial charge on any atom is 0.223 e. The molecule has 1 amide bonds. The lowest BCUT2D eigenvalue weighted by Gasteiger charge is -2.39. The van der Waals surface area contributed by atoms with Gasteiger partial charge in [-0.15, -0.1) is 0 Å². The number of fused-ring (bicyclic) bond motifs is 2. The highest BCUT2D eigenvalue weighted by molar-refractivity contribution is 5.78. The first kappa shape index (κ1) is 19.1. The zero-order valence-corrected chi connectivity index (χ0v) is 17.1. The fourth-order valence-corrected chi connectivity index (χ4v) is 5.47. The van der Waals surface area contributed by atoms with E-state index in [0.29, 0.717) is 17.9 Å². The molecule has 4 heteroatoms. The van der Waals surface area contributed by atoms with Crippen molar-refractivity contribution in [2.75, 3.05) is 20.8 Å². The summed E-state index contributed by atoms with van der Waals surface area (Å²) in [5.41, 5.74) is 1.68. The summed E-state index contributed by atoms with van der Waals surface area (Å²) in [5, 5.41) is 0. The number of ether oxygens (including phenoxy) is 2. The number of carbonyl (C=O) groups is 1. The molecule has 0 aromatic heterocycles. The highest BCUT2D eigenvalue weighted by atomic mass is 16.5. The van der Waals surface area contributed by atoms with Gasteiger partial charge in [0.15, 0.2) is 0 Å². The van der Waals surface area contributed by atoms with E-state index in [1.54, 1.807) is 14.2 Å². The molecule has 2 aliphatic rings. The Bertz CT molecular complexity index is 684. The van der Waals surface area contributed by atoms with Gasteiger partial charge in [-0.05, 0) is 47.6 Å². The van der Waals surface area contributed by atoms with Crippen molar-refractivity contribution < 1.29 is 14.3 Å². The fraction of sp³-hybridized carbons (Fsp3) is 0.682. The smallest absolute Gasteiger partial charge is 0.223 e. The van der Waals surface area contributed by atoms with E-state index in [-0.39, 0.29) is 17.2 Å². The molecule has 1 saturated heterocycles. The number of carbonyl (C=O) groups excluding carboxylic acids is 1. The highest BCUT2D eigenvalue weighted by Crippen LogP contribution is 2.52. The van der Waals surface area contributed by atoms with Crippen molar-refractivity contribution in [3.63, 3.8) is 0 Å². The zero-order chi connectivity index (χ0) is 19.1. The van der Waals surface area contributed by atoms with E-state index in [9.17, 15) is 4.79 Å². The zero-order valence-electron chi connectivity index (χ0n) is 17.1. The van der Waals surface area contributed by atoms with E-state index in [1.165, 1.54) is 6.42 Å². The van der Waals surface area contributed by atoms with Crippen LogP contribution in [0, 0.1) is 10.8 Å². The summed E-state index contributed by atoms with van der Waals surface area (Å²) in [7, 11) is 3.31. The van der Waals surface area contributed by atoms with Crippen molar-refractivity contribution in [1.82, 2.24) is 4.90 Å². The SMILES string of the molecule is COc1ccc(C(C)CC(=O)N2CC3(C)CC2CC(C)(C)C3)c(OC)c1. The lowest BCUT2D eigenvalue weighted by atomic mass is 9.65. The number of hydrogen-bond donors (Lipinski definition) is 0. The molecule has 4 nitrogen and oxygen atoms in total. The summed E-state index contributed by atoms with van der Waals surface area (Å²) in [4.78, 5) is 15.3. The maximum atomic E-state index is 13.1. The average molecular weight is 360 g/mol. The Kier molecular flexibility index (Phi) is 4.98. The quantitative estimate of drug-likeness (QED) is 0.770. The van der Waals surface area contributed by atoms with Gasteiger partial charge < -0.3 is 14.4 Å². The lowest BCUT2D eigenvalue weighted by Crippen LogP contribution is -2.38. The molecule has 0 N–H and O–H groups in total. The van der Waals surface area contributed by atoms with Crippen LogP contribution in [0.2, 0.25) is 0 Å². The molecule has 0 spiro atoms. The third-order valence-electron chi connectivity index (χ3n) is 6.19. The van der Waals surface area contributed by atoms with E-state index in [0.717, 1.165) is 36.4 Å². The van der Waals surface area contributed by atoms with Gasteiger partial charge in [-0.3, -0.25) is 4.79 Å². The number of nitrogens with zero attached hydrogens (tertiary/aromatic N) is 1. The van der Waals surface area contributed by atoms with Gasteiger partial charge in [0, 0.05) is 25.1 Å². The molecule has 1 aromatic carbocycles. The Balaban J connectivity index is 1.73. The van der Waals surface area contributed by atoms with E-state index in [2.05, 4.69) is 32.6 Å². The van der Waals surface area contributed by atoms with Crippen LogP contribution in [0.1, 0.15) is 64.9 Å². The summed E-state index contributed by atoms with van der Waals surface area (Å²) >= 11 is 0. The minimum absolute atomic E-state index is 0.115. The van der Waals surface area contributed by atoms with Crippen molar-refractivity contribution in [1.29, 1.82) is 0 Å². The molecule has 26 heavy (non-hydrogen) atoms. The summed E-state index contributed by atoms with van der Waals surface area (Å²) < 4.78 is 10.8. The van der Waals surface area contributed by atoms with Crippen LogP contribution in [0.25, 0.3) is 0 Å².